The SMILES string of the molecule is N=C(c1ccc(-c2ccc(-c3nc(-c4ccccc4)nc(-c4cccc(-c5ccccc5)c4)n3)cc2)cc1)c1c(-c2ccc3ccccc3c2)sc2ccccc12. The lowest BCUT2D eigenvalue weighted by atomic mass is 9.94. The molecule has 0 radical (unpaired) electrons. The second-order valence-corrected chi connectivity index (χ2v) is 15.1. The van der Waals surface area contributed by atoms with E-state index < -0.39 is 0 Å². The predicted octanol–water partition coefficient (Wildman–Crippen LogP) is 13.7. The fourth-order valence-electron chi connectivity index (χ4n) is 7.43. The van der Waals surface area contributed by atoms with E-state index in [1.54, 1.807) is 11.3 Å². The van der Waals surface area contributed by atoms with Crippen molar-refractivity contribution < 1.29 is 0 Å². The highest BCUT2D eigenvalue weighted by molar-refractivity contribution is 7.22. The molecular weight excluding hydrogens is 713 g/mol. The van der Waals surface area contributed by atoms with Crippen LogP contribution in [0.25, 0.3) is 87.7 Å². The van der Waals surface area contributed by atoms with Gasteiger partial charge in [0.05, 0.1) is 5.71 Å². The van der Waals surface area contributed by atoms with E-state index in [9.17, 15) is 5.41 Å². The van der Waals surface area contributed by atoms with Crippen molar-refractivity contribution in [2.75, 3.05) is 0 Å². The van der Waals surface area contributed by atoms with Crippen LogP contribution in [-0.4, -0.2) is 20.7 Å². The van der Waals surface area contributed by atoms with Gasteiger partial charge in [0.25, 0.3) is 0 Å². The Labute approximate surface area is 335 Å². The summed E-state index contributed by atoms with van der Waals surface area (Å²) in [7, 11) is 0. The van der Waals surface area contributed by atoms with E-state index in [4.69, 9.17) is 15.0 Å². The molecule has 268 valence electrons. The zero-order chi connectivity index (χ0) is 38.1. The molecular formula is C52H34N4S. The summed E-state index contributed by atoms with van der Waals surface area (Å²) in [4.78, 5) is 16.0. The van der Waals surface area contributed by atoms with Crippen molar-refractivity contribution in [3.63, 3.8) is 0 Å². The Morgan fingerprint density at radius 2 is 0.860 bits per heavy atom. The first-order chi connectivity index (χ1) is 28.1. The van der Waals surface area contributed by atoms with Crippen LogP contribution >= 0.6 is 11.3 Å². The molecule has 0 saturated heterocycles. The van der Waals surface area contributed by atoms with E-state index in [0.29, 0.717) is 23.2 Å². The van der Waals surface area contributed by atoms with Crippen LogP contribution in [0.3, 0.4) is 0 Å². The number of nitrogens with one attached hydrogen (secondary N) is 1. The molecule has 0 saturated carbocycles. The van der Waals surface area contributed by atoms with Gasteiger partial charge in [-0.1, -0.05) is 182 Å². The van der Waals surface area contributed by atoms with Gasteiger partial charge in [0.1, 0.15) is 0 Å². The van der Waals surface area contributed by atoms with Gasteiger partial charge < -0.3 is 0 Å². The Morgan fingerprint density at radius 1 is 0.368 bits per heavy atom. The fourth-order valence-corrected chi connectivity index (χ4v) is 8.64. The molecule has 0 spiro atoms. The molecule has 0 fully saturated rings. The van der Waals surface area contributed by atoms with Gasteiger partial charge in [-0.15, -0.1) is 11.3 Å². The minimum Gasteiger partial charge on any atom is -0.300 e. The maximum Gasteiger partial charge on any atom is 0.164 e. The van der Waals surface area contributed by atoms with Crippen molar-refractivity contribution in [1.29, 1.82) is 5.41 Å². The number of hydrogen-bond donors (Lipinski definition) is 1. The van der Waals surface area contributed by atoms with Crippen LogP contribution in [0.4, 0.5) is 0 Å². The molecule has 0 aliphatic heterocycles. The number of fused-ring (bicyclic) bond motifs is 2. The van der Waals surface area contributed by atoms with E-state index >= 15 is 0 Å². The number of rotatable bonds is 8. The standard InChI is InChI=1S/C52H34N4S/c53-48(47-45-20-9-10-21-46(45)57-49(47)43-31-26-35-14-7-8-17-41(35)32-43)38-27-22-36(23-28-38)37-24-29-40(30-25-37)51-54-50(39-15-5-2-6-16-39)55-52(56-51)44-19-11-18-42(33-44)34-12-3-1-4-13-34/h1-33,53H. The van der Waals surface area contributed by atoms with E-state index in [1.165, 1.54) is 15.5 Å². The summed E-state index contributed by atoms with van der Waals surface area (Å²) in [5.74, 6) is 1.87. The summed E-state index contributed by atoms with van der Waals surface area (Å²) in [6, 6.07) is 69.0. The average molecular weight is 747 g/mol. The molecule has 0 aliphatic rings. The number of aromatic nitrogens is 3. The van der Waals surface area contributed by atoms with Gasteiger partial charge in [0.15, 0.2) is 17.5 Å². The van der Waals surface area contributed by atoms with Crippen LogP contribution in [0.1, 0.15) is 11.1 Å². The smallest absolute Gasteiger partial charge is 0.164 e. The van der Waals surface area contributed by atoms with Crippen LogP contribution in [0, 0.1) is 5.41 Å². The topological polar surface area (TPSA) is 62.5 Å². The Hall–Kier alpha value is -7.34. The Bertz CT molecular complexity index is 3060. The number of nitrogens with zero attached hydrogens (tertiary/aromatic N) is 3. The van der Waals surface area contributed by atoms with Crippen molar-refractivity contribution in [1.82, 2.24) is 15.0 Å². The van der Waals surface area contributed by atoms with E-state index in [0.717, 1.165) is 65.9 Å². The van der Waals surface area contributed by atoms with Gasteiger partial charge in [-0.3, -0.25) is 5.41 Å². The van der Waals surface area contributed by atoms with Gasteiger partial charge in [-0.25, -0.2) is 15.0 Å². The van der Waals surface area contributed by atoms with E-state index in [-0.39, 0.29) is 0 Å². The van der Waals surface area contributed by atoms with Crippen LogP contribution < -0.4 is 0 Å². The minimum atomic E-state index is 0.520. The summed E-state index contributed by atoms with van der Waals surface area (Å²) in [6.07, 6.45) is 0. The second kappa shape index (κ2) is 14.7. The van der Waals surface area contributed by atoms with E-state index in [1.807, 2.05) is 36.4 Å². The largest absolute Gasteiger partial charge is 0.300 e. The third-order valence-electron chi connectivity index (χ3n) is 10.4. The third kappa shape index (κ3) is 6.71. The first-order valence-electron chi connectivity index (χ1n) is 18.9. The van der Waals surface area contributed by atoms with Crippen molar-refractivity contribution in [2.45, 2.75) is 0 Å². The lowest BCUT2D eigenvalue weighted by Crippen LogP contribution is -2.02. The third-order valence-corrected chi connectivity index (χ3v) is 11.6. The van der Waals surface area contributed by atoms with Gasteiger partial charge >= 0.3 is 0 Å². The van der Waals surface area contributed by atoms with Gasteiger partial charge in [0, 0.05) is 42.8 Å². The molecule has 0 atom stereocenters. The van der Waals surface area contributed by atoms with E-state index in [2.05, 4.69) is 164 Å². The number of thiophene rings is 1. The molecule has 1 N–H and O–H groups in total. The van der Waals surface area contributed by atoms with Gasteiger partial charge in [-0.05, 0) is 56.8 Å². The first kappa shape index (κ1) is 34.2. The van der Waals surface area contributed by atoms with Crippen molar-refractivity contribution >= 4 is 37.9 Å². The van der Waals surface area contributed by atoms with Gasteiger partial charge in [0.2, 0.25) is 0 Å². The summed E-state index contributed by atoms with van der Waals surface area (Å²) < 4.78 is 1.18. The molecule has 10 aromatic rings. The lowest BCUT2D eigenvalue weighted by Gasteiger charge is -2.11. The van der Waals surface area contributed by atoms with Gasteiger partial charge in [-0.2, -0.15) is 0 Å². The number of benzene rings is 8. The molecule has 0 amide bonds. The molecule has 2 aromatic heterocycles. The lowest BCUT2D eigenvalue weighted by molar-refractivity contribution is 1.07. The Morgan fingerprint density at radius 3 is 1.58 bits per heavy atom. The minimum absolute atomic E-state index is 0.520. The Kier molecular flexibility index (Phi) is 8.82. The fraction of sp³-hybridized carbons (Fsp3) is 0. The maximum atomic E-state index is 9.52. The zero-order valence-corrected chi connectivity index (χ0v) is 31.6. The molecule has 5 heteroatoms. The molecule has 8 aromatic carbocycles. The summed E-state index contributed by atoms with van der Waals surface area (Å²) in [5, 5.41) is 13.0. The highest BCUT2D eigenvalue weighted by Crippen LogP contribution is 2.41. The predicted molar refractivity (Wildman–Crippen MR) is 238 cm³/mol. The number of hydrogen-bond acceptors (Lipinski definition) is 5. The monoisotopic (exact) mass is 746 g/mol. The average Bonchev–Trinajstić information content (AvgIpc) is 3.69. The molecule has 0 unspecified atom stereocenters. The highest BCUT2D eigenvalue weighted by Gasteiger charge is 2.20. The molecule has 4 nitrogen and oxygen atoms in total. The van der Waals surface area contributed by atoms with Crippen LogP contribution in [-0.2, 0) is 0 Å². The molecule has 0 bridgehead atoms. The summed E-state index contributed by atoms with van der Waals surface area (Å²) in [5.41, 5.74) is 10.7. The maximum absolute atomic E-state index is 9.52. The summed E-state index contributed by atoms with van der Waals surface area (Å²) in [6.45, 7) is 0. The summed E-state index contributed by atoms with van der Waals surface area (Å²) >= 11 is 1.75. The zero-order valence-electron chi connectivity index (χ0n) is 30.8. The quantitative estimate of drug-likeness (QED) is 0.158. The Balaban J connectivity index is 0.964. The highest BCUT2D eigenvalue weighted by atomic mass is 32.1. The van der Waals surface area contributed by atoms with Crippen molar-refractivity contribution in [3.8, 4) is 66.9 Å². The van der Waals surface area contributed by atoms with Crippen LogP contribution in [0.5, 0.6) is 0 Å². The first-order valence-corrected chi connectivity index (χ1v) is 19.7. The molecule has 2 heterocycles. The molecule has 10 rings (SSSR count). The molecule has 0 aliphatic carbocycles. The van der Waals surface area contributed by atoms with Crippen molar-refractivity contribution in [2.24, 2.45) is 0 Å². The van der Waals surface area contributed by atoms with Crippen LogP contribution in [0.15, 0.2) is 200 Å². The van der Waals surface area contributed by atoms with Crippen molar-refractivity contribution in [3.05, 3.63) is 211 Å². The normalized spacial score (nSPS) is 11.2. The molecule has 57 heavy (non-hydrogen) atoms. The van der Waals surface area contributed by atoms with Crippen LogP contribution in [0.2, 0.25) is 0 Å². The second-order valence-electron chi connectivity index (χ2n) is 14.0.